The van der Waals surface area contributed by atoms with Crippen molar-refractivity contribution in [1.29, 1.82) is 0 Å². The summed E-state index contributed by atoms with van der Waals surface area (Å²) < 4.78 is 25.1. The molecule has 0 saturated carbocycles. The number of ether oxygens (including phenoxy) is 4. The van der Waals surface area contributed by atoms with Crippen molar-refractivity contribution in [3.8, 4) is 11.5 Å². The van der Waals surface area contributed by atoms with Gasteiger partial charge in [-0.25, -0.2) is 0 Å². The van der Waals surface area contributed by atoms with Crippen LogP contribution in [0.3, 0.4) is 0 Å². The first-order valence-electron chi connectivity index (χ1n) is 9.61. The van der Waals surface area contributed by atoms with Crippen LogP contribution in [0.15, 0.2) is 36.4 Å². The Balaban J connectivity index is 1.67. The Kier molecular flexibility index (Phi) is 6.83. The molecule has 4 rings (SSSR count). The van der Waals surface area contributed by atoms with Crippen LogP contribution < -0.4 is 9.47 Å². The van der Waals surface area contributed by atoms with E-state index in [2.05, 4.69) is 0 Å². The molecule has 0 saturated heterocycles. The van der Waals surface area contributed by atoms with Gasteiger partial charge in [0.1, 0.15) is 0 Å². The minimum atomic E-state index is -0.255. The molecular formula is C22H22O6Te. The van der Waals surface area contributed by atoms with E-state index in [1.165, 1.54) is 0 Å². The summed E-state index contributed by atoms with van der Waals surface area (Å²) in [6, 6.07) is 10.2. The van der Waals surface area contributed by atoms with Gasteiger partial charge < -0.3 is 0 Å². The fourth-order valence-electron chi connectivity index (χ4n) is 3.38. The van der Waals surface area contributed by atoms with Gasteiger partial charge in [0.05, 0.1) is 0 Å². The summed E-state index contributed by atoms with van der Waals surface area (Å²) in [4.78, 5) is 26.4. The molecule has 0 atom stereocenters. The van der Waals surface area contributed by atoms with Crippen molar-refractivity contribution in [3.63, 3.8) is 0 Å². The van der Waals surface area contributed by atoms with Crippen LogP contribution in [0.5, 0.6) is 11.5 Å². The van der Waals surface area contributed by atoms with Gasteiger partial charge in [0.15, 0.2) is 0 Å². The van der Waals surface area contributed by atoms with Gasteiger partial charge in [-0.15, -0.1) is 0 Å². The Morgan fingerprint density at radius 2 is 1.14 bits per heavy atom. The predicted octanol–water partition coefficient (Wildman–Crippen LogP) is 2.81. The van der Waals surface area contributed by atoms with E-state index >= 15 is 0 Å². The number of benzene rings is 2. The van der Waals surface area contributed by atoms with Crippen LogP contribution in [0.4, 0.5) is 0 Å². The van der Waals surface area contributed by atoms with Crippen molar-refractivity contribution in [1.82, 2.24) is 0 Å². The zero-order valence-corrected chi connectivity index (χ0v) is 18.3. The molecule has 0 N–H and O–H groups in total. The van der Waals surface area contributed by atoms with E-state index < -0.39 is 0 Å². The Hall–Kier alpha value is -1.91. The van der Waals surface area contributed by atoms with E-state index in [0.29, 0.717) is 60.2 Å². The molecular weight excluding hydrogens is 488 g/mol. The Morgan fingerprint density at radius 3 is 1.66 bits per heavy atom. The number of carbonyl (C=O) groups excluding carboxylic acids is 2. The number of ketones is 2. The fraction of sp³-hybridized carbons (Fsp3) is 0.364. The molecule has 2 aliphatic rings. The third-order valence-corrected chi connectivity index (χ3v) is 7.31. The van der Waals surface area contributed by atoms with Gasteiger partial charge in [-0.1, -0.05) is 0 Å². The molecule has 0 radical (unpaired) electrons. The van der Waals surface area contributed by atoms with Crippen molar-refractivity contribution < 1.29 is 28.5 Å². The monoisotopic (exact) mass is 512 g/mol. The molecule has 6 nitrogen and oxygen atoms in total. The molecule has 1 heterocycles. The zero-order chi connectivity index (χ0) is 20.1. The van der Waals surface area contributed by atoms with Gasteiger partial charge >= 0.3 is 180 Å². The number of carbonyl (C=O) groups is 2. The molecule has 0 amide bonds. The number of hydrogen-bond acceptors (Lipinski definition) is 6. The summed E-state index contributed by atoms with van der Waals surface area (Å²) in [6.07, 6.45) is 0. The molecule has 2 aromatic rings. The second kappa shape index (κ2) is 9.73. The van der Waals surface area contributed by atoms with Crippen LogP contribution in [0.2, 0.25) is 8.94 Å². The molecule has 1 aliphatic heterocycles. The SMILES string of the molecule is O=C1c2cccc3c2C(=O)c2c(cccc21)OCCOCC[Te]CCOCCO3. The van der Waals surface area contributed by atoms with Crippen molar-refractivity contribution >= 4 is 32.5 Å². The van der Waals surface area contributed by atoms with Crippen LogP contribution in [0, 0.1) is 0 Å². The van der Waals surface area contributed by atoms with Crippen molar-refractivity contribution in [2.75, 3.05) is 39.6 Å². The van der Waals surface area contributed by atoms with Crippen LogP contribution in [-0.2, 0) is 9.47 Å². The second-order valence-corrected chi connectivity index (χ2v) is 10.0. The average molecular weight is 510 g/mol. The molecule has 0 aromatic heterocycles. The van der Waals surface area contributed by atoms with Gasteiger partial charge in [-0.2, -0.15) is 0 Å². The van der Waals surface area contributed by atoms with Crippen molar-refractivity contribution in [2.45, 2.75) is 8.94 Å². The molecule has 7 heteroatoms. The van der Waals surface area contributed by atoms with E-state index in [9.17, 15) is 9.59 Å². The van der Waals surface area contributed by atoms with Crippen LogP contribution in [0.1, 0.15) is 31.8 Å². The maximum atomic E-state index is 13.4. The minimum absolute atomic E-state index is 0.103. The molecule has 152 valence electrons. The summed E-state index contributed by atoms with van der Waals surface area (Å²) in [5.41, 5.74) is 1.32. The third-order valence-electron chi connectivity index (χ3n) is 4.71. The summed E-state index contributed by atoms with van der Waals surface area (Å²) in [5, 5.41) is 0. The first-order chi connectivity index (χ1) is 14.3. The molecule has 2 aromatic carbocycles. The van der Waals surface area contributed by atoms with Gasteiger partial charge in [-0.3, -0.25) is 0 Å². The van der Waals surface area contributed by atoms with Gasteiger partial charge in [0.25, 0.3) is 0 Å². The molecule has 0 spiro atoms. The van der Waals surface area contributed by atoms with E-state index in [1.54, 1.807) is 36.4 Å². The molecule has 0 unspecified atom stereocenters. The van der Waals surface area contributed by atoms with Gasteiger partial charge in [0.2, 0.25) is 0 Å². The topological polar surface area (TPSA) is 71.1 Å². The Morgan fingerprint density at radius 1 is 0.621 bits per heavy atom. The molecule has 0 fully saturated rings. The first-order valence-corrected chi connectivity index (χ1v) is 12.9. The van der Waals surface area contributed by atoms with Gasteiger partial charge in [0, 0.05) is 0 Å². The van der Waals surface area contributed by atoms with E-state index in [4.69, 9.17) is 18.9 Å². The quantitative estimate of drug-likeness (QED) is 0.434. The van der Waals surface area contributed by atoms with E-state index in [-0.39, 0.29) is 32.5 Å². The molecule has 2 bridgehead atoms. The summed E-state index contributed by atoms with van der Waals surface area (Å²) in [6.45, 7) is 2.98. The van der Waals surface area contributed by atoms with Crippen LogP contribution in [-0.4, -0.2) is 72.1 Å². The summed E-state index contributed by atoms with van der Waals surface area (Å²) in [5.74, 6) is 0.359. The van der Waals surface area contributed by atoms with Crippen molar-refractivity contribution in [3.05, 3.63) is 58.7 Å². The Labute approximate surface area is 179 Å². The second-order valence-electron chi connectivity index (χ2n) is 6.55. The van der Waals surface area contributed by atoms with E-state index in [0.717, 1.165) is 22.2 Å². The van der Waals surface area contributed by atoms with Crippen molar-refractivity contribution in [2.24, 2.45) is 0 Å². The average Bonchev–Trinajstić information content (AvgIpc) is 2.74. The normalized spacial score (nSPS) is 18.2. The fourth-order valence-corrected chi connectivity index (χ4v) is 5.31. The van der Waals surface area contributed by atoms with Crippen LogP contribution >= 0.6 is 0 Å². The summed E-state index contributed by atoms with van der Waals surface area (Å²) in [7, 11) is 0. The predicted molar refractivity (Wildman–Crippen MR) is 108 cm³/mol. The summed E-state index contributed by atoms with van der Waals surface area (Å²) >= 11 is -0.103. The maximum absolute atomic E-state index is 13.4. The molecule has 1 aliphatic carbocycles. The van der Waals surface area contributed by atoms with E-state index in [1.807, 2.05) is 0 Å². The third kappa shape index (κ3) is 4.49. The number of hydrogen-bond donors (Lipinski definition) is 0. The zero-order valence-electron chi connectivity index (χ0n) is 16.0. The first kappa shape index (κ1) is 20.4. The Bertz CT molecular complexity index is 841. The number of rotatable bonds is 0. The van der Waals surface area contributed by atoms with Crippen LogP contribution in [0.25, 0.3) is 0 Å². The standard InChI is InChI=1S/C22H22O6Te/c23-21-15-3-1-5-17-19(15)22(24)20-16(21)4-2-6-18(20)28-10-8-26-12-14-29-13-11-25-7-9-27-17/h1-6H,7-14H2. The molecule has 29 heavy (non-hydrogen) atoms. The van der Waals surface area contributed by atoms with Gasteiger partial charge in [-0.05, 0) is 0 Å².